The summed E-state index contributed by atoms with van der Waals surface area (Å²) in [5, 5.41) is 2.55. The van der Waals surface area contributed by atoms with Gasteiger partial charge in [0.05, 0.1) is 0 Å². The van der Waals surface area contributed by atoms with Crippen LogP contribution in [0.15, 0.2) is 48.6 Å². The van der Waals surface area contributed by atoms with Crippen molar-refractivity contribution in [3.63, 3.8) is 0 Å². The van der Waals surface area contributed by atoms with E-state index in [9.17, 15) is 0 Å². The van der Waals surface area contributed by atoms with Crippen LogP contribution in [0, 0.1) is 0 Å². The van der Waals surface area contributed by atoms with Crippen molar-refractivity contribution < 1.29 is 4.74 Å². The maximum absolute atomic E-state index is 6.04. The van der Waals surface area contributed by atoms with Crippen molar-refractivity contribution in [1.29, 1.82) is 0 Å². The van der Waals surface area contributed by atoms with E-state index in [2.05, 4.69) is 56.8 Å². The van der Waals surface area contributed by atoms with Crippen LogP contribution in [0.5, 0.6) is 5.75 Å². The second kappa shape index (κ2) is 3.36. The Balaban J connectivity index is 2.26. The maximum Gasteiger partial charge on any atom is 0.124 e. The first kappa shape index (κ1) is 10.4. The third-order valence-electron chi connectivity index (χ3n) is 3.60. The average molecular weight is 224 g/mol. The van der Waals surface area contributed by atoms with Gasteiger partial charge in [0.15, 0.2) is 0 Å². The zero-order chi connectivity index (χ0) is 12.0. The third kappa shape index (κ3) is 1.54. The average Bonchev–Trinajstić information content (AvgIpc) is 2.30. The summed E-state index contributed by atoms with van der Waals surface area (Å²) in [5.74, 6) is 1.00. The van der Waals surface area contributed by atoms with Gasteiger partial charge in [0.1, 0.15) is 11.4 Å². The summed E-state index contributed by atoms with van der Waals surface area (Å²) in [4.78, 5) is 0. The summed E-state index contributed by atoms with van der Waals surface area (Å²) < 4.78 is 6.04. The van der Waals surface area contributed by atoms with Gasteiger partial charge in [0.25, 0.3) is 0 Å². The van der Waals surface area contributed by atoms with E-state index in [4.69, 9.17) is 4.74 Å². The first-order valence-corrected chi connectivity index (χ1v) is 5.96. The molecule has 0 atom stereocenters. The van der Waals surface area contributed by atoms with Crippen LogP contribution in [0.3, 0.4) is 0 Å². The Morgan fingerprint density at radius 1 is 1.12 bits per heavy atom. The number of ether oxygens (including phenoxy) is 1. The first-order chi connectivity index (χ1) is 8.08. The molecular weight excluding hydrogens is 208 g/mol. The van der Waals surface area contributed by atoms with E-state index in [1.807, 2.05) is 0 Å². The van der Waals surface area contributed by atoms with Gasteiger partial charge < -0.3 is 4.74 Å². The summed E-state index contributed by atoms with van der Waals surface area (Å²) in [7, 11) is 0. The fourth-order valence-corrected chi connectivity index (χ4v) is 2.37. The number of fused-ring (bicyclic) bond motifs is 3. The molecule has 0 unspecified atom stereocenters. The topological polar surface area (TPSA) is 9.23 Å². The lowest BCUT2D eigenvalue weighted by Crippen LogP contribution is -2.35. The van der Waals surface area contributed by atoms with Crippen molar-refractivity contribution in [2.75, 3.05) is 0 Å². The molecule has 0 aromatic heterocycles. The molecule has 0 saturated carbocycles. The van der Waals surface area contributed by atoms with Crippen LogP contribution in [0.4, 0.5) is 0 Å². The lowest BCUT2D eigenvalue weighted by atomic mass is 9.87. The van der Waals surface area contributed by atoms with E-state index in [1.165, 1.54) is 16.3 Å². The van der Waals surface area contributed by atoms with Crippen LogP contribution in [0.1, 0.15) is 19.4 Å². The largest absolute Gasteiger partial charge is 0.483 e. The Bertz CT molecular complexity index is 608. The van der Waals surface area contributed by atoms with Crippen LogP contribution in [0.25, 0.3) is 10.8 Å². The van der Waals surface area contributed by atoms with Crippen molar-refractivity contribution in [2.45, 2.75) is 25.9 Å². The molecule has 1 heterocycles. The fraction of sp³-hybridized carbons (Fsp3) is 0.250. The minimum Gasteiger partial charge on any atom is -0.483 e. The van der Waals surface area contributed by atoms with Crippen LogP contribution in [0.2, 0.25) is 0 Å². The van der Waals surface area contributed by atoms with Crippen LogP contribution in [-0.2, 0) is 6.42 Å². The molecule has 86 valence electrons. The van der Waals surface area contributed by atoms with Gasteiger partial charge in [-0.3, -0.25) is 0 Å². The van der Waals surface area contributed by atoms with E-state index in [-0.39, 0.29) is 5.60 Å². The van der Waals surface area contributed by atoms with E-state index in [0.29, 0.717) is 0 Å². The second-order valence-corrected chi connectivity index (χ2v) is 5.16. The monoisotopic (exact) mass is 224 g/mol. The van der Waals surface area contributed by atoms with Gasteiger partial charge in [-0.1, -0.05) is 36.9 Å². The highest BCUT2D eigenvalue weighted by molar-refractivity contribution is 5.88. The third-order valence-corrected chi connectivity index (χ3v) is 3.60. The summed E-state index contributed by atoms with van der Waals surface area (Å²) in [6.45, 7) is 8.30. The Hall–Kier alpha value is -1.76. The van der Waals surface area contributed by atoms with Crippen LogP contribution >= 0.6 is 0 Å². The van der Waals surface area contributed by atoms with E-state index < -0.39 is 0 Å². The molecule has 3 rings (SSSR count). The minimum atomic E-state index is -0.255. The molecule has 1 nitrogen and oxygen atoms in total. The number of hydrogen-bond acceptors (Lipinski definition) is 1. The summed E-state index contributed by atoms with van der Waals surface area (Å²) in [5.41, 5.74) is 2.16. The lowest BCUT2D eigenvalue weighted by molar-refractivity contribution is 0.135. The summed E-state index contributed by atoms with van der Waals surface area (Å²) >= 11 is 0. The molecule has 1 aliphatic heterocycles. The van der Waals surface area contributed by atoms with Gasteiger partial charge in [-0.05, 0) is 36.3 Å². The normalized spacial score (nSPS) is 17.6. The second-order valence-electron chi connectivity index (χ2n) is 5.16. The lowest BCUT2D eigenvalue weighted by Gasteiger charge is -2.35. The molecule has 0 aliphatic carbocycles. The summed E-state index contributed by atoms with van der Waals surface area (Å²) in [6, 6.07) is 12.6. The van der Waals surface area contributed by atoms with Crippen LogP contribution in [-0.4, -0.2) is 5.60 Å². The van der Waals surface area contributed by atoms with E-state index in [1.54, 1.807) is 0 Å². The Kier molecular flexibility index (Phi) is 2.06. The predicted octanol–water partition coefficient (Wildman–Crippen LogP) is 4.11. The highest BCUT2D eigenvalue weighted by Crippen LogP contribution is 2.39. The van der Waals surface area contributed by atoms with Gasteiger partial charge in [-0.2, -0.15) is 0 Å². The molecule has 0 fully saturated rings. The van der Waals surface area contributed by atoms with Crippen molar-refractivity contribution in [3.05, 3.63) is 54.1 Å². The molecule has 17 heavy (non-hydrogen) atoms. The minimum absolute atomic E-state index is 0.255. The number of hydrogen-bond donors (Lipinski definition) is 0. The van der Waals surface area contributed by atoms with Crippen molar-refractivity contribution >= 4 is 10.8 Å². The molecule has 1 aliphatic rings. The quantitative estimate of drug-likeness (QED) is 0.612. The molecule has 0 amide bonds. The highest BCUT2D eigenvalue weighted by atomic mass is 16.5. The van der Waals surface area contributed by atoms with Crippen molar-refractivity contribution in [3.8, 4) is 5.75 Å². The van der Waals surface area contributed by atoms with Gasteiger partial charge in [0, 0.05) is 12.0 Å². The SMILES string of the molecule is C=C1Cc2c(ccc3ccccc23)OC1(C)C. The summed E-state index contributed by atoms with van der Waals surface area (Å²) in [6.07, 6.45) is 0.906. The Morgan fingerprint density at radius 3 is 2.71 bits per heavy atom. The van der Waals surface area contributed by atoms with Gasteiger partial charge >= 0.3 is 0 Å². The zero-order valence-corrected chi connectivity index (χ0v) is 10.3. The highest BCUT2D eigenvalue weighted by Gasteiger charge is 2.30. The Labute approximate surface area is 102 Å². The molecule has 0 bridgehead atoms. The van der Waals surface area contributed by atoms with Gasteiger partial charge in [-0.15, -0.1) is 0 Å². The van der Waals surface area contributed by atoms with E-state index >= 15 is 0 Å². The van der Waals surface area contributed by atoms with E-state index in [0.717, 1.165) is 17.7 Å². The molecule has 1 heteroatoms. The molecule has 0 spiro atoms. The first-order valence-electron chi connectivity index (χ1n) is 5.96. The zero-order valence-electron chi connectivity index (χ0n) is 10.3. The predicted molar refractivity (Wildman–Crippen MR) is 71.5 cm³/mol. The van der Waals surface area contributed by atoms with Crippen molar-refractivity contribution in [1.82, 2.24) is 0 Å². The maximum atomic E-state index is 6.04. The van der Waals surface area contributed by atoms with Crippen LogP contribution < -0.4 is 4.74 Å². The molecule has 0 N–H and O–H groups in total. The van der Waals surface area contributed by atoms with Crippen molar-refractivity contribution in [2.24, 2.45) is 0 Å². The fourth-order valence-electron chi connectivity index (χ4n) is 2.37. The molecule has 2 aromatic carbocycles. The standard InChI is InChI=1S/C16H16O/c1-11-10-14-13-7-5-4-6-12(13)8-9-15(14)17-16(11,2)3/h4-9H,1,10H2,2-3H3. The number of benzene rings is 2. The molecular formula is C16H16O. The smallest absolute Gasteiger partial charge is 0.124 e. The van der Waals surface area contributed by atoms with Gasteiger partial charge in [0.2, 0.25) is 0 Å². The molecule has 2 aromatic rings. The Morgan fingerprint density at radius 2 is 1.88 bits per heavy atom. The molecule has 0 saturated heterocycles. The number of rotatable bonds is 0. The molecule has 0 radical (unpaired) electrons. The van der Waals surface area contributed by atoms with Gasteiger partial charge in [-0.25, -0.2) is 0 Å².